The van der Waals surface area contributed by atoms with Gasteiger partial charge in [0.05, 0.1) is 22.6 Å². The van der Waals surface area contributed by atoms with Crippen molar-refractivity contribution in [3.63, 3.8) is 0 Å². The quantitative estimate of drug-likeness (QED) is 0.544. The van der Waals surface area contributed by atoms with Crippen LogP contribution >= 0.6 is 0 Å². The van der Waals surface area contributed by atoms with E-state index in [2.05, 4.69) is 51.5 Å². The largest absolute Gasteiger partial charge is 0.368 e. The van der Waals surface area contributed by atoms with Gasteiger partial charge >= 0.3 is 0 Å². The molecule has 7 heteroatoms. The number of pyridine rings is 1. The zero-order valence-electron chi connectivity index (χ0n) is 17.0. The smallest absolute Gasteiger partial charge is 0.157 e. The molecule has 0 saturated carbocycles. The summed E-state index contributed by atoms with van der Waals surface area (Å²) in [6, 6.07) is 6.51. The second-order valence-corrected chi connectivity index (χ2v) is 8.16. The fraction of sp³-hybridized carbons (Fsp3) is 0.409. The Kier molecular flexibility index (Phi) is 4.67. The Morgan fingerprint density at radius 1 is 1.17 bits per heavy atom. The predicted octanol–water partition coefficient (Wildman–Crippen LogP) is 3.74. The predicted molar refractivity (Wildman–Crippen MR) is 116 cm³/mol. The molecule has 5 rings (SSSR count). The van der Waals surface area contributed by atoms with E-state index in [0.29, 0.717) is 5.92 Å². The van der Waals surface area contributed by atoms with Gasteiger partial charge in [-0.05, 0) is 69.5 Å². The maximum Gasteiger partial charge on any atom is 0.157 e. The minimum Gasteiger partial charge on any atom is -0.368 e. The summed E-state index contributed by atoms with van der Waals surface area (Å²) in [7, 11) is 0. The minimum atomic E-state index is 0.261. The molecular weight excluding hydrogens is 362 g/mol. The molecule has 2 N–H and O–H groups in total. The lowest BCUT2D eigenvalue weighted by molar-refractivity contribution is 0.389. The Morgan fingerprint density at radius 3 is 2.72 bits per heavy atom. The molecular formula is C22H27N7. The van der Waals surface area contributed by atoms with Crippen LogP contribution in [0.3, 0.4) is 0 Å². The van der Waals surface area contributed by atoms with Crippen molar-refractivity contribution in [3.05, 3.63) is 43.0 Å². The zero-order chi connectivity index (χ0) is 19.8. The van der Waals surface area contributed by atoms with Gasteiger partial charge < -0.3 is 10.6 Å². The van der Waals surface area contributed by atoms with Gasteiger partial charge in [0, 0.05) is 36.7 Å². The first-order valence-corrected chi connectivity index (χ1v) is 10.5. The average Bonchev–Trinajstić information content (AvgIpc) is 3.35. The van der Waals surface area contributed by atoms with E-state index < -0.39 is 0 Å². The lowest BCUT2D eigenvalue weighted by atomic mass is 9.98. The summed E-state index contributed by atoms with van der Waals surface area (Å²) < 4.78 is 4.07. The third-order valence-corrected chi connectivity index (χ3v) is 5.82. The highest BCUT2D eigenvalue weighted by molar-refractivity contribution is 6.00. The van der Waals surface area contributed by atoms with E-state index in [1.807, 2.05) is 35.2 Å². The third-order valence-electron chi connectivity index (χ3n) is 5.82. The Hall–Kier alpha value is -2.93. The molecule has 0 spiro atoms. The zero-order valence-corrected chi connectivity index (χ0v) is 17.0. The summed E-state index contributed by atoms with van der Waals surface area (Å²) in [5, 5.41) is 17.7. The molecule has 1 saturated heterocycles. The van der Waals surface area contributed by atoms with Crippen molar-refractivity contribution in [1.82, 2.24) is 29.7 Å². The summed E-state index contributed by atoms with van der Waals surface area (Å²) in [5.74, 6) is 1.63. The number of nitrogens with zero attached hydrogens (tertiary/aromatic N) is 5. The molecule has 4 aromatic heterocycles. The first kappa shape index (κ1) is 18.1. The Morgan fingerprint density at radius 2 is 1.97 bits per heavy atom. The van der Waals surface area contributed by atoms with Gasteiger partial charge in [-0.15, -0.1) is 0 Å². The number of fused-ring (bicyclic) bond motifs is 3. The topological polar surface area (TPSA) is 72.1 Å². The number of anilines is 1. The van der Waals surface area contributed by atoms with Gasteiger partial charge in [0.2, 0.25) is 0 Å². The van der Waals surface area contributed by atoms with Crippen LogP contribution in [-0.4, -0.2) is 44.0 Å². The van der Waals surface area contributed by atoms with Crippen LogP contribution in [0.2, 0.25) is 0 Å². The molecule has 1 fully saturated rings. The van der Waals surface area contributed by atoms with Crippen LogP contribution in [0.15, 0.2) is 43.0 Å². The van der Waals surface area contributed by atoms with Crippen LogP contribution in [0, 0.1) is 5.92 Å². The summed E-state index contributed by atoms with van der Waals surface area (Å²) in [6.07, 6.45) is 10.1. The van der Waals surface area contributed by atoms with Crippen molar-refractivity contribution in [1.29, 1.82) is 0 Å². The van der Waals surface area contributed by atoms with Gasteiger partial charge in [-0.1, -0.05) is 0 Å². The van der Waals surface area contributed by atoms with E-state index in [4.69, 9.17) is 5.10 Å². The van der Waals surface area contributed by atoms with Crippen molar-refractivity contribution in [2.75, 3.05) is 25.0 Å². The lowest BCUT2D eigenvalue weighted by Crippen LogP contribution is -2.31. The van der Waals surface area contributed by atoms with Crippen molar-refractivity contribution in [2.24, 2.45) is 5.92 Å². The van der Waals surface area contributed by atoms with Crippen molar-refractivity contribution < 1.29 is 0 Å². The standard InChI is InChI=1S/C22H27N7/c1-15(2)29-21-19(22(27-29)25-12-16-3-7-23-8-4-16)13-26-28-14-18(11-20(21)28)17-5-9-24-10-6-17/h5-6,9-11,13-16,23H,3-4,7-8,12H2,1-2H3,(H,25,27). The number of rotatable bonds is 5. The van der Waals surface area contributed by atoms with Crippen molar-refractivity contribution in [3.8, 4) is 11.1 Å². The molecule has 7 nitrogen and oxygen atoms in total. The molecule has 0 unspecified atom stereocenters. The van der Waals surface area contributed by atoms with Crippen molar-refractivity contribution >= 4 is 22.2 Å². The van der Waals surface area contributed by atoms with Gasteiger partial charge in [0.1, 0.15) is 0 Å². The molecule has 1 aliphatic rings. The number of hydrogen-bond acceptors (Lipinski definition) is 5. The lowest BCUT2D eigenvalue weighted by Gasteiger charge is -2.22. The molecule has 0 bridgehead atoms. The minimum absolute atomic E-state index is 0.261. The number of hydrogen-bond donors (Lipinski definition) is 2. The first-order valence-electron chi connectivity index (χ1n) is 10.5. The molecule has 0 atom stereocenters. The molecule has 1 aliphatic heterocycles. The van der Waals surface area contributed by atoms with E-state index in [1.165, 1.54) is 12.8 Å². The number of piperidine rings is 1. The Labute approximate surface area is 170 Å². The van der Waals surface area contributed by atoms with Crippen LogP contribution in [-0.2, 0) is 0 Å². The second kappa shape index (κ2) is 7.48. The molecule has 5 heterocycles. The van der Waals surface area contributed by atoms with E-state index in [9.17, 15) is 0 Å². The highest BCUT2D eigenvalue weighted by Crippen LogP contribution is 2.31. The molecule has 0 radical (unpaired) electrons. The maximum atomic E-state index is 4.93. The number of nitrogens with one attached hydrogen (secondary N) is 2. The monoisotopic (exact) mass is 389 g/mol. The molecule has 4 aromatic rings. The van der Waals surface area contributed by atoms with E-state index >= 15 is 0 Å². The van der Waals surface area contributed by atoms with Gasteiger partial charge in [-0.25, -0.2) is 4.52 Å². The average molecular weight is 390 g/mol. The molecule has 0 aliphatic carbocycles. The van der Waals surface area contributed by atoms with Gasteiger partial charge in [0.25, 0.3) is 0 Å². The maximum absolute atomic E-state index is 4.93. The van der Waals surface area contributed by atoms with Crippen LogP contribution in [0.4, 0.5) is 5.82 Å². The molecule has 0 amide bonds. The number of aromatic nitrogens is 5. The highest BCUT2D eigenvalue weighted by Gasteiger charge is 2.19. The molecule has 29 heavy (non-hydrogen) atoms. The third kappa shape index (κ3) is 3.35. The Bertz CT molecular complexity index is 1120. The fourth-order valence-corrected chi connectivity index (χ4v) is 4.20. The fourth-order valence-electron chi connectivity index (χ4n) is 4.20. The summed E-state index contributed by atoms with van der Waals surface area (Å²) in [5.41, 5.74) is 4.47. The molecule has 0 aromatic carbocycles. The summed E-state index contributed by atoms with van der Waals surface area (Å²) in [4.78, 5) is 4.13. The summed E-state index contributed by atoms with van der Waals surface area (Å²) in [6.45, 7) is 7.52. The van der Waals surface area contributed by atoms with Crippen LogP contribution in [0.5, 0.6) is 0 Å². The normalized spacial score (nSPS) is 15.6. The van der Waals surface area contributed by atoms with Gasteiger partial charge in [0.15, 0.2) is 5.82 Å². The summed E-state index contributed by atoms with van der Waals surface area (Å²) >= 11 is 0. The van der Waals surface area contributed by atoms with Gasteiger partial charge in [-0.3, -0.25) is 9.67 Å². The highest BCUT2D eigenvalue weighted by atomic mass is 15.3. The first-order chi connectivity index (χ1) is 14.2. The van der Waals surface area contributed by atoms with Crippen molar-refractivity contribution in [2.45, 2.75) is 32.7 Å². The SMILES string of the molecule is CC(C)n1nc(NCC2CCNCC2)c2cnn3cc(-c4ccncc4)cc3c21. The van der Waals surface area contributed by atoms with E-state index in [0.717, 1.165) is 53.0 Å². The van der Waals surface area contributed by atoms with Gasteiger partial charge in [-0.2, -0.15) is 10.2 Å². The van der Waals surface area contributed by atoms with E-state index in [-0.39, 0.29) is 6.04 Å². The second-order valence-electron chi connectivity index (χ2n) is 8.16. The van der Waals surface area contributed by atoms with Crippen LogP contribution in [0.1, 0.15) is 32.7 Å². The van der Waals surface area contributed by atoms with Crippen LogP contribution < -0.4 is 10.6 Å². The van der Waals surface area contributed by atoms with E-state index in [1.54, 1.807) is 0 Å². The molecule has 150 valence electrons. The Balaban J connectivity index is 1.57. The van der Waals surface area contributed by atoms with Crippen LogP contribution in [0.25, 0.3) is 27.5 Å².